The Kier molecular flexibility index (Phi) is 7.39. The van der Waals surface area contributed by atoms with Crippen LogP contribution in [0.5, 0.6) is 0 Å². The number of rotatable bonds is 7. The third-order valence-electron chi connectivity index (χ3n) is 4.05. The Bertz CT molecular complexity index is 260. The summed E-state index contributed by atoms with van der Waals surface area (Å²) in [6.45, 7) is 7.17. The highest BCUT2D eigenvalue weighted by Crippen LogP contribution is 2.13. The van der Waals surface area contributed by atoms with Crippen LogP contribution in [0.1, 0.15) is 46.0 Å². The van der Waals surface area contributed by atoms with Crippen molar-refractivity contribution in [3.63, 3.8) is 0 Å². The minimum atomic E-state index is 0.212. The molecule has 1 saturated heterocycles. The average Bonchev–Trinajstić information content (AvgIpc) is 2.40. The van der Waals surface area contributed by atoms with E-state index in [1.165, 1.54) is 32.1 Å². The van der Waals surface area contributed by atoms with Crippen molar-refractivity contribution in [2.75, 3.05) is 33.7 Å². The molecule has 1 atom stereocenters. The maximum absolute atomic E-state index is 11.7. The molecule has 0 bridgehead atoms. The zero-order valence-electron chi connectivity index (χ0n) is 13.1. The predicted octanol–water partition coefficient (Wildman–Crippen LogP) is 1.71. The van der Waals surface area contributed by atoms with Crippen LogP contribution in [0.2, 0.25) is 0 Å². The largest absolute Gasteiger partial charge is 0.348 e. The van der Waals surface area contributed by atoms with E-state index < -0.39 is 0 Å². The van der Waals surface area contributed by atoms with E-state index in [1.54, 1.807) is 4.90 Å². The molecule has 1 aliphatic heterocycles. The second-order valence-electron chi connectivity index (χ2n) is 5.90. The van der Waals surface area contributed by atoms with E-state index in [2.05, 4.69) is 24.1 Å². The van der Waals surface area contributed by atoms with Crippen LogP contribution in [-0.4, -0.2) is 61.5 Å². The molecule has 1 rings (SSSR count). The van der Waals surface area contributed by atoms with E-state index in [0.717, 1.165) is 13.1 Å². The number of hydrogen-bond donors (Lipinski definition) is 1. The highest BCUT2D eigenvalue weighted by Gasteiger charge is 2.22. The Morgan fingerprint density at radius 1 is 1.32 bits per heavy atom. The smallest absolute Gasteiger partial charge is 0.236 e. The molecule has 1 amide bonds. The number of nitrogens with zero attached hydrogens (tertiary/aromatic N) is 2. The normalized spacial score (nSPS) is 19.4. The van der Waals surface area contributed by atoms with Crippen molar-refractivity contribution in [1.29, 1.82) is 0 Å². The lowest BCUT2D eigenvalue weighted by Crippen LogP contribution is -2.48. The molecule has 1 fully saturated rings. The molecular weight excluding hydrogens is 238 g/mol. The molecule has 0 aromatic rings. The van der Waals surface area contributed by atoms with Crippen molar-refractivity contribution in [3.05, 3.63) is 0 Å². The third kappa shape index (κ3) is 5.91. The van der Waals surface area contributed by atoms with Gasteiger partial charge in [-0.15, -0.1) is 0 Å². The Morgan fingerprint density at radius 3 is 2.42 bits per heavy atom. The fourth-order valence-electron chi connectivity index (χ4n) is 2.68. The molecule has 0 spiro atoms. The molecular formula is C15H31N3O. The third-order valence-corrected chi connectivity index (χ3v) is 4.05. The minimum Gasteiger partial charge on any atom is -0.348 e. The first-order valence-corrected chi connectivity index (χ1v) is 7.75. The van der Waals surface area contributed by atoms with Gasteiger partial charge in [-0.1, -0.05) is 20.3 Å². The second kappa shape index (κ2) is 8.54. The zero-order valence-corrected chi connectivity index (χ0v) is 13.1. The summed E-state index contributed by atoms with van der Waals surface area (Å²) in [5.41, 5.74) is 0. The summed E-state index contributed by atoms with van der Waals surface area (Å²) in [4.78, 5) is 15.6. The number of carbonyl (C=O) groups is 1. The summed E-state index contributed by atoms with van der Waals surface area (Å²) in [7, 11) is 3.65. The lowest BCUT2D eigenvalue weighted by atomic mass is 10.0. The number of nitrogens with one attached hydrogen (secondary N) is 1. The fourth-order valence-corrected chi connectivity index (χ4v) is 2.68. The number of amides is 1. The number of piperidine rings is 1. The first kappa shape index (κ1) is 16.4. The van der Waals surface area contributed by atoms with Gasteiger partial charge in [-0.05, 0) is 25.7 Å². The fraction of sp³-hybridized carbons (Fsp3) is 0.933. The van der Waals surface area contributed by atoms with E-state index in [4.69, 9.17) is 0 Å². The number of hydrogen-bond acceptors (Lipinski definition) is 3. The maximum atomic E-state index is 11.7. The standard InChI is InChI=1S/C15H31N3O/c1-5-7-13(6-2)16-14-8-10-18(11-9-14)12-15(19)17(3)4/h13-14,16H,5-12H2,1-4H3. The van der Waals surface area contributed by atoms with Crippen LogP contribution < -0.4 is 5.32 Å². The summed E-state index contributed by atoms with van der Waals surface area (Å²) in [6, 6.07) is 1.31. The van der Waals surface area contributed by atoms with Gasteiger partial charge in [0.05, 0.1) is 6.54 Å². The number of likely N-dealkylation sites (N-methyl/N-ethyl adjacent to an activating group) is 1. The van der Waals surface area contributed by atoms with Crippen LogP contribution in [-0.2, 0) is 4.79 Å². The van der Waals surface area contributed by atoms with Gasteiger partial charge < -0.3 is 10.2 Å². The number of likely N-dealkylation sites (tertiary alicyclic amines) is 1. The lowest BCUT2D eigenvalue weighted by molar-refractivity contribution is -0.130. The van der Waals surface area contributed by atoms with Gasteiger partial charge in [0.1, 0.15) is 0 Å². The van der Waals surface area contributed by atoms with Crippen LogP contribution in [0.15, 0.2) is 0 Å². The lowest BCUT2D eigenvalue weighted by Gasteiger charge is -2.34. The predicted molar refractivity (Wildman–Crippen MR) is 80.3 cm³/mol. The number of carbonyl (C=O) groups excluding carboxylic acids is 1. The molecule has 4 heteroatoms. The van der Waals surface area contributed by atoms with Gasteiger partial charge in [0, 0.05) is 39.3 Å². The quantitative estimate of drug-likeness (QED) is 0.764. The summed E-state index contributed by atoms with van der Waals surface area (Å²) in [6.07, 6.45) is 6.08. The van der Waals surface area contributed by atoms with Gasteiger partial charge in [-0.3, -0.25) is 9.69 Å². The molecule has 1 aliphatic rings. The summed E-state index contributed by atoms with van der Waals surface area (Å²) < 4.78 is 0. The molecule has 0 radical (unpaired) electrons. The summed E-state index contributed by atoms with van der Waals surface area (Å²) >= 11 is 0. The highest BCUT2D eigenvalue weighted by molar-refractivity contribution is 5.77. The zero-order chi connectivity index (χ0) is 14.3. The van der Waals surface area contributed by atoms with Crippen molar-refractivity contribution in [2.45, 2.75) is 58.0 Å². The van der Waals surface area contributed by atoms with Gasteiger partial charge in [0.15, 0.2) is 0 Å². The minimum absolute atomic E-state index is 0.212. The van der Waals surface area contributed by atoms with Gasteiger partial charge in [-0.2, -0.15) is 0 Å². The van der Waals surface area contributed by atoms with Gasteiger partial charge in [0.25, 0.3) is 0 Å². The molecule has 19 heavy (non-hydrogen) atoms. The van der Waals surface area contributed by atoms with Crippen molar-refractivity contribution in [1.82, 2.24) is 15.1 Å². The molecule has 1 unspecified atom stereocenters. The van der Waals surface area contributed by atoms with E-state index in [1.807, 2.05) is 14.1 Å². The topological polar surface area (TPSA) is 35.6 Å². The maximum Gasteiger partial charge on any atom is 0.236 e. The Labute approximate surface area is 118 Å². The monoisotopic (exact) mass is 269 g/mol. The van der Waals surface area contributed by atoms with E-state index >= 15 is 0 Å². The molecule has 112 valence electrons. The van der Waals surface area contributed by atoms with Crippen molar-refractivity contribution >= 4 is 5.91 Å². The molecule has 0 saturated carbocycles. The van der Waals surface area contributed by atoms with Crippen LogP contribution in [0.25, 0.3) is 0 Å². The first-order valence-electron chi connectivity index (χ1n) is 7.75. The molecule has 0 aromatic heterocycles. The average molecular weight is 269 g/mol. The van der Waals surface area contributed by atoms with Crippen LogP contribution >= 0.6 is 0 Å². The van der Waals surface area contributed by atoms with Crippen molar-refractivity contribution < 1.29 is 4.79 Å². The molecule has 1 N–H and O–H groups in total. The van der Waals surface area contributed by atoms with E-state index in [0.29, 0.717) is 18.6 Å². The first-order chi connectivity index (χ1) is 9.06. The van der Waals surface area contributed by atoms with E-state index in [9.17, 15) is 4.79 Å². The van der Waals surface area contributed by atoms with Gasteiger partial charge >= 0.3 is 0 Å². The SMILES string of the molecule is CCCC(CC)NC1CCN(CC(=O)N(C)C)CC1. The Morgan fingerprint density at radius 2 is 1.95 bits per heavy atom. The molecule has 1 heterocycles. The highest BCUT2D eigenvalue weighted by atomic mass is 16.2. The Hall–Kier alpha value is -0.610. The van der Waals surface area contributed by atoms with Gasteiger partial charge in [0.2, 0.25) is 5.91 Å². The van der Waals surface area contributed by atoms with Gasteiger partial charge in [-0.25, -0.2) is 0 Å². The summed E-state index contributed by atoms with van der Waals surface area (Å²) in [5.74, 6) is 0.212. The summed E-state index contributed by atoms with van der Waals surface area (Å²) in [5, 5.41) is 3.78. The van der Waals surface area contributed by atoms with Crippen molar-refractivity contribution in [3.8, 4) is 0 Å². The van der Waals surface area contributed by atoms with E-state index in [-0.39, 0.29) is 5.91 Å². The van der Waals surface area contributed by atoms with Crippen LogP contribution in [0, 0.1) is 0 Å². The van der Waals surface area contributed by atoms with Crippen LogP contribution in [0.3, 0.4) is 0 Å². The van der Waals surface area contributed by atoms with Crippen molar-refractivity contribution in [2.24, 2.45) is 0 Å². The molecule has 0 aromatic carbocycles. The Balaban J connectivity index is 2.26. The molecule has 4 nitrogen and oxygen atoms in total. The van der Waals surface area contributed by atoms with Crippen LogP contribution in [0.4, 0.5) is 0 Å². The molecule has 0 aliphatic carbocycles. The second-order valence-corrected chi connectivity index (χ2v) is 5.90.